The van der Waals surface area contributed by atoms with Crippen LogP contribution in [0, 0.1) is 0 Å². The fraction of sp³-hybridized carbons (Fsp3) is 0.692. The molecule has 0 spiro atoms. The van der Waals surface area contributed by atoms with Crippen LogP contribution >= 0.6 is 0 Å². The third kappa shape index (κ3) is 6.98. The van der Waals surface area contributed by atoms with Gasteiger partial charge in [-0.25, -0.2) is 0 Å². The molecule has 2 nitrogen and oxygen atoms in total. The first kappa shape index (κ1) is 14.0. The van der Waals surface area contributed by atoms with Gasteiger partial charge in [-0.2, -0.15) is 0 Å². The third-order valence-corrected chi connectivity index (χ3v) is 2.36. The molecule has 0 rings (SSSR count). The smallest absolute Gasteiger partial charge is 0.303 e. The van der Waals surface area contributed by atoms with E-state index in [0.29, 0.717) is 0 Å². The van der Waals surface area contributed by atoms with E-state index in [1.165, 1.54) is 26.2 Å². The van der Waals surface area contributed by atoms with Gasteiger partial charge in [0.2, 0.25) is 0 Å². The molecular formula is C13H22O2. The van der Waals surface area contributed by atoms with Crippen molar-refractivity contribution in [3.05, 3.63) is 17.9 Å². The van der Waals surface area contributed by atoms with E-state index in [9.17, 15) is 4.79 Å². The highest BCUT2D eigenvalue weighted by Gasteiger charge is 2.10. The van der Waals surface area contributed by atoms with Crippen LogP contribution in [0.4, 0.5) is 0 Å². The number of unbranched alkanes of at least 4 members (excludes halogenated alkanes) is 3. The zero-order chi connectivity index (χ0) is 11.7. The number of carbonyl (C=O) groups excluding carboxylic acids is 1. The molecule has 0 amide bonds. The summed E-state index contributed by atoms with van der Waals surface area (Å²) in [5.41, 5.74) is 3.87. The van der Waals surface area contributed by atoms with E-state index in [-0.39, 0.29) is 12.1 Å². The molecule has 0 saturated heterocycles. The normalized spacial score (nSPS) is 11.7. The zero-order valence-electron chi connectivity index (χ0n) is 10.1. The number of hydrogen-bond acceptors (Lipinski definition) is 2. The summed E-state index contributed by atoms with van der Waals surface area (Å²) in [6, 6.07) is 0. The molecule has 0 fully saturated rings. The van der Waals surface area contributed by atoms with Crippen molar-refractivity contribution in [1.29, 1.82) is 0 Å². The summed E-state index contributed by atoms with van der Waals surface area (Å²) >= 11 is 0. The van der Waals surface area contributed by atoms with Crippen LogP contribution in [0.2, 0.25) is 0 Å². The Balaban J connectivity index is 3.92. The maximum Gasteiger partial charge on any atom is 0.303 e. The Bertz CT molecular complexity index is 237. The van der Waals surface area contributed by atoms with Crippen LogP contribution in [0.3, 0.4) is 0 Å². The summed E-state index contributed by atoms with van der Waals surface area (Å²) < 4.78 is 5.08. The highest BCUT2D eigenvalue weighted by Crippen LogP contribution is 2.14. The summed E-state index contributed by atoms with van der Waals surface area (Å²) in [5.74, 6) is -0.246. The molecule has 0 bridgehead atoms. The SMILES string of the molecule is C=C=C(CCCCCC)[C@@H](C)OC(C)=O. The minimum absolute atomic E-state index is 0.179. The van der Waals surface area contributed by atoms with Crippen LogP contribution in [0.15, 0.2) is 17.9 Å². The summed E-state index contributed by atoms with van der Waals surface area (Å²) in [7, 11) is 0. The van der Waals surface area contributed by atoms with Crippen molar-refractivity contribution in [3.63, 3.8) is 0 Å². The standard InChI is InChI=1S/C13H22O2/c1-5-7-8-9-10-13(6-2)11(3)15-12(4)14/h11H,2,5,7-10H2,1,3-4H3/t11-/m1/s1. The molecule has 0 radical (unpaired) electrons. The molecule has 0 aliphatic rings. The van der Waals surface area contributed by atoms with Gasteiger partial charge in [0.25, 0.3) is 0 Å². The zero-order valence-corrected chi connectivity index (χ0v) is 10.1. The second kappa shape index (κ2) is 8.31. The first-order valence-electron chi connectivity index (χ1n) is 5.67. The molecule has 0 aromatic heterocycles. The van der Waals surface area contributed by atoms with Gasteiger partial charge in [-0.05, 0) is 19.8 Å². The van der Waals surface area contributed by atoms with E-state index < -0.39 is 0 Å². The third-order valence-electron chi connectivity index (χ3n) is 2.36. The Morgan fingerprint density at radius 2 is 2.07 bits per heavy atom. The molecule has 0 aromatic carbocycles. The van der Waals surface area contributed by atoms with E-state index in [2.05, 4.69) is 19.2 Å². The van der Waals surface area contributed by atoms with E-state index in [4.69, 9.17) is 4.74 Å². The van der Waals surface area contributed by atoms with Crippen LogP contribution in [-0.4, -0.2) is 12.1 Å². The molecule has 86 valence electrons. The summed E-state index contributed by atoms with van der Waals surface area (Å²) in [5, 5.41) is 0. The molecule has 0 aliphatic carbocycles. The average molecular weight is 210 g/mol. The molecule has 0 aromatic rings. The molecular weight excluding hydrogens is 188 g/mol. The average Bonchev–Trinajstić information content (AvgIpc) is 2.16. The Kier molecular flexibility index (Phi) is 7.75. The van der Waals surface area contributed by atoms with Crippen LogP contribution < -0.4 is 0 Å². The van der Waals surface area contributed by atoms with Crippen LogP contribution in [0.5, 0.6) is 0 Å². The monoisotopic (exact) mass is 210 g/mol. The van der Waals surface area contributed by atoms with Gasteiger partial charge in [-0.15, -0.1) is 5.73 Å². The predicted octanol–water partition coefficient (Wildman–Crippen LogP) is 3.62. The van der Waals surface area contributed by atoms with E-state index in [1.54, 1.807) is 0 Å². The molecule has 2 heteroatoms. The first-order chi connectivity index (χ1) is 7.11. The molecule has 0 saturated carbocycles. The lowest BCUT2D eigenvalue weighted by atomic mass is 10.0. The molecule has 0 heterocycles. The fourth-order valence-electron chi connectivity index (χ4n) is 1.50. The van der Waals surface area contributed by atoms with Gasteiger partial charge in [0.1, 0.15) is 6.10 Å². The lowest BCUT2D eigenvalue weighted by molar-refractivity contribution is -0.143. The predicted molar refractivity (Wildman–Crippen MR) is 62.6 cm³/mol. The largest absolute Gasteiger partial charge is 0.458 e. The molecule has 0 aliphatic heterocycles. The van der Waals surface area contributed by atoms with Gasteiger partial charge in [-0.1, -0.05) is 32.8 Å². The Morgan fingerprint density at radius 3 is 2.53 bits per heavy atom. The Labute approximate surface area is 93.0 Å². The van der Waals surface area contributed by atoms with Crippen molar-refractivity contribution >= 4 is 5.97 Å². The highest BCUT2D eigenvalue weighted by atomic mass is 16.5. The number of esters is 1. The van der Waals surface area contributed by atoms with Crippen molar-refractivity contribution in [3.8, 4) is 0 Å². The van der Waals surface area contributed by atoms with Crippen LogP contribution in [-0.2, 0) is 9.53 Å². The molecule has 0 unspecified atom stereocenters. The minimum Gasteiger partial charge on any atom is -0.458 e. The molecule has 1 atom stereocenters. The second-order valence-corrected chi connectivity index (χ2v) is 3.76. The van der Waals surface area contributed by atoms with Gasteiger partial charge in [0, 0.05) is 12.5 Å². The Morgan fingerprint density at radius 1 is 1.40 bits per heavy atom. The van der Waals surface area contributed by atoms with Crippen LogP contribution in [0.25, 0.3) is 0 Å². The van der Waals surface area contributed by atoms with Crippen molar-refractivity contribution in [2.45, 2.75) is 59.0 Å². The van der Waals surface area contributed by atoms with E-state index in [0.717, 1.165) is 18.4 Å². The fourth-order valence-corrected chi connectivity index (χ4v) is 1.50. The quantitative estimate of drug-likeness (QED) is 0.364. The maximum atomic E-state index is 10.8. The van der Waals surface area contributed by atoms with E-state index >= 15 is 0 Å². The summed E-state index contributed by atoms with van der Waals surface area (Å²) in [6.07, 6.45) is 5.57. The van der Waals surface area contributed by atoms with Gasteiger partial charge in [0.15, 0.2) is 0 Å². The number of carbonyl (C=O) groups is 1. The lowest BCUT2D eigenvalue weighted by Crippen LogP contribution is -2.14. The molecule has 0 N–H and O–H groups in total. The van der Waals surface area contributed by atoms with Crippen molar-refractivity contribution < 1.29 is 9.53 Å². The summed E-state index contributed by atoms with van der Waals surface area (Å²) in [4.78, 5) is 10.8. The number of ether oxygens (including phenoxy) is 1. The second-order valence-electron chi connectivity index (χ2n) is 3.76. The van der Waals surface area contributed by atoms with Gasteiger partial charge in [0.05, 0.1) is 0 Å². The highest BCUT2D eigenvalue weighted by molar-refractivity contribution is 5.66. The first-order valence-corrected chi connectivity index (χ1v) is 5.67. The van der Waals surface area contributed by atoms with Gasteiger partial charge >= 0.3 is 5.97 Å². The Hall–Kier alpha value is -1.01. The molecule has 15 heavy (non-hydrogen) atoms. The number of rotatable bonds is 7. The topological polar surface area (TPSA) is 26.3 Å². The summed E-state index contributed by atoms with van der Waals surface area (Å²) in [6.45, 7) is 9.12. The minimum atomic E-state index is -0.246. The van der Waals surface area contributed by atoms with Crippen molar-refractivity contribution in [1.82, 2.24) is 0 Å². The van der Waals surface area contributed by atoms with Gasteiger partial charge in [-0.3, -0.25) is 4.79 Å². The van der Waals surface area contributed by atoms with Crippen molar-refractivity contribution in [2.24, 2.45) is 0 Å². The maximum absolute atomic E-state index is 10.8. The van der Waals surface area contributed by atoms with Crippen molar-refractivity contribution in [2.75, 3.05) is 0 Å². The number of hydrogen-bond donors (Lipinski definition) is 0. The lowest BCUT2D eigenvalue weighted by Gasteiger charge is -2.13. The van der Waals surface area contributed by atoms with Gasteiger partial charge < -0.3 is 4.74 Å². The van der Waals surface area contributed by atoms with Crippen LogP contribution in [0.1, 0.15) is 52.9 Å². The van der Waals surface area contributed by atoms with E-state index in [1.807, 2.05) is 6.92 Å².